The number of aliphatic hydroxyl groups excluding tert-OH is 1. The van der Waals surface area contributed by atoms with E-state index >= 15 is 0 Å². The second-order valence-electron chi connectivity index (χ2n) is 5.79. The molecule has 1 N–H and O–H groups in total. The molecule has 0 bridgehead atoms. The fourth-order valence-corrected chi connectivity index (χ4v) is 4.09. The van der Waals surface area contributed by atoms with Gasteiger partial charge < -0.3 is 5.11 Å². The standard InChI is InChI=1S/C14H30OSi/c1-6-8-10-11-13(15)14(12-9-7-2)16(3,4)5/h9,12-15H,6-8,10-11H2,1-5H3/b12-9-/t13-,14-/m1/s1. The summed E-state index contributed by atoms with van der Waals surface area (Å²) in [5.41, 5.74) is 0.421. The van der Waals surface area contributed by atoms with E-state index in [1.54, 1.807) is 0 Å². The third-order valence-corrected chi connectivity index (χ3v) is 5.67. The van der Waals surface area contributed by atoms with Crippen molar-refractivity contribution in [1.29, 1.82) is 0 Å². The molecule has 1 nitrogen and oxygen atoms in total. The molecule has 0 aromatic heterocycles. The second kappa shape index (κ2) is 8.07. The largest absolute Gasteiger partial charge is 0.393 e. The summed E-state index contributed by atoms with van der Waals surface area (Å²) in [5.74, 6) is 0. The minimum Gasteiger partial charge on any atom is -0.393 e. The first-order valence-corrected chi connectivity index (χ1v) is 10.4. The van der Waals surface area contributed by atoms with Gasteiger partial charge in [-0.2, -0.15) is 0 Å². The zero-order valence-electron chi connectivity index (χ0n) is 11.8. The van der Waals surface area contributed by atoms with Crippen LogP contribution in [0.25, 0.3) is 0 Å². The van der Waals surface area contributed by atoms with E-state index in [-0.39, 0.29) is 6.10 Å². The number of rotatable bonds is 8. The predicted octanol–water partition coefficient (Wildman–Crippen LogP) is 4.60. The van der Waals surface area contributed by atoms with Gasteiger partial charge in [0.2, 0.25) is 0 Å². The Kier molecular flexibility index (Phi) is 8.03. The molecule has 2 heteroatoms. The molecule has 0 aliphatic rings. The predicted molar refractivity (Wildman–Crippen MR) is 76.7 cm³/mol. The second-order valence-corrected chi connectivity index (χ2v) is 11.2. The average Bonchev–Trinajstić information content (AvgIpc) is 2.16. The number of hydrogen-bond donors (Lipinski definition) is 1. The Morgan fingerprint density at radius 1 is 1.12 bits per heavy atom. The molecule has 0 saturated carbocycles. The van der Waals surface area contributed by atoms with Gasteiger partial charge in [0, 0.05) is 0 Å². The molecule has 0 aromatic rings. The Labute approximate surface area is 103 Å². The number of unbranched alkanes of at least 4 members (excludes halogenated alkanes) is 2. The lowest BCUT2D eigenvalue weighted by atomic mass is 10.1. The van der Waals surface area contributed by atoms with Crippen LogP contribution in [0.3, 0.4) is 0 Å². The van der Waals surface area contributed by atoms with E-state index < -0.39 is 8.07 Å². The van der Waals surface area contributed by atoms with Crippen molar-refractivity contribution in [1.82, 2.24) is 0 Å². The lowest BCUT2D eigenvalue weighted by molar-refractivity contribution is 0.161. The maximum Gasteiger partial charge on any atom is 0.0578 e. The molecule has 0 aromatic carbocycles. The summed E-state index contributed by atoms with van der Waals surface area (Å²) < 4.78 is 0. The summed E-state index contributed by atoms with van der Waals surface area (Å²) in [7, 11) is -1.28. The zero-order valence-corrected chi connectivity index (χ0v) is 12.8. The molecule has 0 aliphatic heterocycles. The molecule has 0 radical (unpaired) electrons. The maximum atomic E-state index is 10.3. The summed E-state index contributed by atoms with van der Waals surface area (Å²) >= 11 is 0. The summed E-state index contributed by atoms with van der Waals surface area (Å²) in [5, 5.41) is 10.3. The molecule has 16 heavy (non-hydrogen) atoms. The highest BCUT2D eigenvalue weighted by Crippen LogP contribution is 2.30. The molecule has 0 unspecified atom stereocenters. The molecule has 0 heterocycles. The van der Waals surface area contributed by atoms with Crippen LogP contribution in [0.2, 0.25) is 25.2 Å². The Hall–Kier alpha value is -0.0831. The van der Waals surface area contributed by atoms with Crippen molar-refractivity contribution < 1.29 is 5.11 Å². The minimum atomic E-state index is -1.28. The molecule has 0 fully saturated rings. The number of hydrogen-bond acceptors (Lipinski definition) is 1. The fourth-order valence-electron chi connectivity index (χ4n) is 2.06. The van der Waals surface area contributed by atoms with Crippen molar-refractivity contribution >= 4 is 8.07 Å². The molecular weight excluding hydrogens is 212 g/mol. The molecule has 0 saturated heterocycles. The third-order valence-electron chi connectivity index (χ3n) is 3.10. The number of allylic oxidation sites excluding steroid dienone is 1. The SMILES string of the molecule is CC/C=C\[C@H]([C@H](O)CCCCC)[Si](C)(C)C. The summed E-state index contributed by atoms with van der Waals surface area (Å²) in [6.45, 7) is 11.4. The quantitative estimate of drug-likeness (QED) is 0.374. The van der Waals surface area contributed by atoms with Crippen LogP contribution in [0.15, 0.2) is 12.2 Å². The Balaban J connectivity index is 4.33. The molecular formula is C14H30OSi. The van der Waals surface area contributed by atoms with Crippen molar-refractivity contribution in [2.45, 2.75) is 77.2 Å². The normalized spacial score (nSPS) is 16.6. The first-order chi connectivity index (χ1) is 7.43. The van der Waals surface area contributed by atoms with Gasteiger partial charge in [-0.3, -0.25) is 0 Å². The maximum absolute atomic E-state index is 10.3. The summed E-state index contributed by atoms with van der Waals surface area (Å²) in [4.78, 5) is 0. The van der Waals surface area contributed by atoms with Crippen LogP contribution in [0.4, 0.5) is 0 Å². The Morgan fingerprint density at radius 3 is 2.19 bits per heavy atom. The Morgan fingerprint density at radius 2 is 1.75 bits per heavy atom. The van der Waals surface area contributed by atoms with E-state index in [9.17, 15) is 5.11 Å². The zero-order chi connectivity index (χ0) is 12.6. The lowest BCUT2D eigenvalue weighted by Gasteiger charge is -2.30. The van der Waals surface area contributed by atoms with Crippen LogP contribution >= 0.6 is 0 Å². The van der Waals surface area contributed by atoms with Crippen LogP contribution < -0.4 is 0 Å². The van der Waals surface area contributed by atoms with Gasteiger partial charge in [0.1, 0.15) is 0 Å². The van der Waals surface area contributed by atoms with E-state index in [2.05, 4.69) is 45.6 Å². The monoisotopic (exact) mass is 242 g/mol. The van der Waals surface area contributed by atoms with Crippen molar-refractivity contribution in [2.24, 2.45) is 0 Å². The summed E-state index contributed by atoms with van der Waals surface area (Å²) in [6.07, 6.45) is 10.0. The first kappa shape index (κ1) is 15.9. The molecule has 0 aliphatic carbocycles. The van der Waals surface area contributed by atoms with Gasteiger partial charge in [-0.25, -0.2) is 0 Å². The van der Waals surface area contributed by atoms with Gasteiger partial charge >= 0.3 is 0 Å². The fraction of sp³-hybridized carbons (Fsp3) is 0.857. The Bertz CT molecular complexity index is 193. The highest BCUT2D eigenvalue weighted by molar-refractivity contribution is 6.78. The topological polar surface area (TPSA) is 20.2 Å². The van der Waals surface area contributed by atoms with Crippen molar-refractivity contribution in [3.8, 4) is 0 Å². The van der Waals surface area contributed by atoms with Gasteiger partial charge in [0.05, 0.1) is 14.2 Å². The van der Waals surface area contributed by atoms with Crippen LogP contribution in [0, 0.1) is 0 Å². The van der Waals surface area contributed by atoms with Crippen LogP contribution in [0.1, 0.15) is 46.0 Å². The van der Waals surface area contributed by atoms with Crippen molar-refractivity contribution in [2.75, 3.05) is 0 Å². The molecule has 0 spiro atoms. The van der Waals surface area contributed by atoms with Crippen molar-refractivity contribution in [3.63, 3.8) is 0 Å². The number of aliphatic hydroxyl groups is 1. The third kappa shape index (κ3) is 6.49. The van der Waals surface area contributed by atoms with Crippen LogP contribution in [-0.2, 0) is 0 Å². The van der Waals surface area contributed by atoms with E-state index in [4.69, 9.17) is 0 Å². The highest BCUT2D eigenvalue weighted by atomic mass is 28.3. The average molecular weight is 242 g/mol. The molecule has 96 valence electrons. The van der Waals surface area contributed by atoms with E-state index in [0.29, 0.717) is 5.54 Å². The molecule has 0 rings (SSSR count). The lowest BCUT2D eigenvalue weighted by Crippen LogP contribution is -2.35. The summed E-state index contributed by atoms with van der Waals surface area (Å²) in [6, 6.07) is 0. The van der Waals surface area contributed by atoms with Gasteiger partial charge in [0.15, 0.2) is 0 Å². The van der Waals surface area contributed by atoms with Gasteiger partial charge in [-0.05, 0) is 18.4 Å². The van der Waals surface area contributed by atoms with E-state index in [1.165, 1.54) is 19.3 Å². The highest BCUT2D eigenvalue weighted by Gasteiger charge is 2.30. The van der Waals surface area contributed by atoms with Crippen molar-refractivity contribution in [3.05, 3.63) is 12.2 Å². The van der Waals surface area contributed by atoms with Gasteiger partial charge in [0.25, 0.3) is 0 Å². The molecule has 2 atom stereocenters. The van der Waals surface area contributed by atoms with Crippen LogP contribution in [0.5, 0.6) is 0 Å². The minimum absolute atomic E-state index is 0.124. The smallest absolute Gasteiger partial charge is 0.0578 e. The van der Waals surface area contributed by atoms with Gasteiger partial charge in [-0.1, -0.05) is 64.9 Å². The molecule has 0 amide bonds. The van der Waals surface area contributed by atoms with Gasteiger partial charge in [-0.15, -0.1) is 0 Å². The van der Waals surface area contributed by atoms with Crippen LogP contribution in [-0.4, -0.2) is 19.3 Å². The van der Waals surface area contributed by atoms with E-state index in [0.717, 1.165) is 12.8 Å². The van der Waals surface area contributed by atoms with E-state index in [1.807, 2.05) is 0 Å². The first-order valence-electron chi connectivity index (χ1n) is 6.78.